The van der Waals surface area contributed by atoms with Gasteiger partial charge in [0.25, 0.3) is 0 Å². The van der Waals surface area contributed by atoms with E-state index in [0.717, 1.165) is 24.5 Å². The minimum Gasteiger partial charge on any atom is -0.316 e. The molecule has 1 aromatic carbocycles. The molecule has 3 heteroatoms. The number of halogens is 2. The van der Waals surface area contributed by atoms with Crippen LogP contribution in [0.5, 0.6) is 0 Å². The van der Waals surface area contributed by atoms with Crippen LogP contribution in [0.4, 0.5) is 0 Å². The number of nitrogens with one attached hydrogen (secondary N) is 1. The lowest BCUT2D eigenvalue weighted by atomic mass is 9.65. The summed E-state index contributed by atoms with van der Waals surface area (Å²) < 4.78 is 0. The van der Waals surface area contributed by atoms with Crippen molar-refractivity contribution in [1.82, 2.24) is 5.32 Å². The fourth-order valence-corrected chi connectivity index (χ4v) is 3.19. The summed E-state index contributed by atoms with van der Waals surface area (Å²) in [6.45, 7) is 6.67. The summed E-state index contributed by atoms with van der Waals surface area (Å²) in [6.07, 6.45) is 4.96. The smallest absolute Gasteiger partial charge is 0.0624 e. The third-order valence-electron chi connectivity index (χ3n) is 4.06. The first-order valence-electron chi connectivity index (χ1n) is 7.16. The Morgan fingerprint density at radius 3 is 2.58 bits per heavy atom. The fourth-order valence-electron chi connectivity index (χ4n) is 2.81. The average Bonchev–Trinajstić information content (AvgIpc) is 2.31. The van der Waals surface area contributed by atoms with Crippen molar-refractivity contribution in [2.24, 2.45) is 11.3 Å². The van der Waals surface area contributed by atoms with E-state index < -0.39 is 0 Å². The van der Waals surface area contributed by atoms with Gasteiger partial charge in [0.15, 0.2) is 0 Å². The molecule has 2 rings (SSSR count). The minimum absolute atomic E-state index is 0.392. The Morgan fingerprint density at radius 1 is 1.26 bits per heavy atom. The van der Waals surface area contributed by atoms with E-state index >= 15 is 0 Å². The van der Waals surface area contributed by atoms with Crippen molar-refractivity contribution < 1.29 is 0 Å². The molecule has 0 aliphatic heterocycles. The van der Waals surface area contributed by atoms with E-state index in [9.17, 15) is 0 Å². The number of benzene rings is 1. The number of hydrogen-bond donors (Lipinski definition) is 1. The second kappa shape index (κ2) is 6.47. The van der Waals surface area contributed by atoms with Crippen LogP contribution in [-0.4, -0.2) is 13.1 Å². The van der Waals surface area contributed by atoms with Crippen LogP contribution in [0.25, 0.3) is 0 Å². The molecule has 1 aliphatic carbocycles. The van der Waals surface area contributed by atoms with Gasteiger partial charge >= 0.3 is 0 Å². The standard InChI is InChI=1S/C16H23Cl2N/c1-12(2)10-19-11-16(7-4-8-16)9-13-5-3-6-14(17)15(13)18/h3,5-6,12,19H,4,7-11H2,1-2H3. The third kappa shape index (κ3) is 3.87. The zero-order chi connectivity index (χ0) is 13.9. The molecular formula is C16H23Cl2N. The van der Waals surface area contributed by atoms with Gasteiger partial charge in [0, 0.05) is 6.54 Å². The van der Waals surface area contributed by atoms with Crippen LogP contribution >= 0.6 is 23.2 Å². The molecule has 1 saturated carbocycles. The summed E-state index contributed by atoms with van der Waals surface area (Å²) in [5.41, 5.74) is 1.59. The molecule has 0 aromatic heterocycles. The molecule has 0 radical (unpaired) electrons. The van der Waals surface area contributed by atoms with Gasteiger partial charge in [-0.1, -0.05) is 55.6 Å². The van der Waals surface area contributed by atoms with E-state index in [0.29, 0.717) is 16.4 Å². The number of rotatable bonds is 6. The topological polar surface area (TPSA) is 12.0 Å². The summed E-state index contributed by atoms with van der Waals surface area (Å²) in [6, 6.07) is 5.96. The van der Waals surface area contributed by atoms with Gasteiger partial charge in [-0.05, 0) is 48.8 Å². The lowest BCUT2D eigenvalue weighted by Gasteiger charge is -2.43. The van der Waals surface area contributed by atoms with Crippen LogP contribution in [0.15, 0.2) is 18.2 Å². The zero-order valence-corrected chi connectivity index (χ0v) is 13.3. The van der Waals surface area contributed by atoms with Crippen molar-refractivity contribution >= 4 is 23.2 Å². The zero-order valence-electron chi connectivity index (χ0n) is 11.8. The van der Waals surface area contributed by atoms with Gasteiger partial charge < -0.3 is 5.32 Å². The van der Waals surface area contributed by atoms with Crippen molar-refractivity contribution in [1.29, 1.82) is 0 Å². The van der Waals surface area contributed by atoms with Crippen molar-refractivity contribution in [2.75, 3.05) is 13.1 Å². The molecule has 0 unspecified atom stereocenters. The molecule has 1 aromatic rings. The van der Waals surface area contributed by atoms with Crippen molar-refractivity contribution in [3.8, 4) is 0 Å². The van der Waals surface area contributed by atoms with Crippen molar-refractivity contribution in [2.45, 2.75) is 39.5 Å². The predicted octanol–water partition coefficient (Wildman–Crippen LogP) is 4.95. The summed E-state index contributed by atoms with van der Waals surface area (Å²) in [4.78, 5) is 0. The van der Waals surface area contributed by atoms with Gasteiger partial charge in [-0.15, -0.1) is 0 Å². The van der Waals surface area contributed by atoms with E-state index in [4.69, 9.17) is 23.2 Å². The van der Waals surface area contributed by atoms with Crippen LogP contribution in [0.2, 0.25) is 10.0 Å². The predicted molar refractivity (Wildman–Crippen MR) is 84.2 cm³/mol. The third-order valence-corrected chi connectivity index (χ3v) is 4.92. The maximum atomic E-state index is 6.31. The highest BCUT2D eigenvalue weighted by atomic mass is 35.5. The molecule has 0 atom stereocenters. The van der Waals surface area contributed by atoms with Crippen molar-refractivity contribution in [3.05, 3.63) is 33.8 Å². The Bertz CT molecular complexity index is 425. The minimum atomic E-state index is 0.392. The van der Waals surface area contributed by atoms with Gasteiger partial charge in [-0.2, -0.15) is 0 Å². The molecule has 1 aliphatic rings. The monoisotopic (exact) mass is 299 g/mol. The lowest BCUT2D eigenvalue weighted by Crippen LogP contribution is -2.42. The normalized spacial score (nSPS) is 17.5. The van der Waals surface area contributed by atoms with E-state index in [2.05, 4.69) is 25.2 Å². The fraction of sp³-hybridized carbons (Fsp3) is 0.625. The maximum absolute atomic E-state index is 6.31. The SMILES string of the molecule is CC(C)CNCC1(Cc2cccc(Cl)c2Cl)CCC1. The van der Waals surface area contributed by atoms with E-state index in [1.807, 2.05) is 12.1 Å². The van der Waals surface area contributed by atoms with Gasteiger partial charge in [0.2, 0.25) is 0 Å². The molecule has 19 heavy (non-hydrogen) atoms. The van der Waals surface area contributed by atoms with Crippen LogP contribution in [0.1, 0.15) is 38.7 Å². The highest BCUT2D eigenvalue weighted by molar-refractivity contribution is 6.42. The Kier molecular flexibility index (Phi) is 5.16. The summed E-state index contributed by atoms with van der Waals surface area (Å²) >= 11 is 12.4. The quantitative estimate of drug-likeness (QED) is 0.783. The second-order valence-electron chi connectivity index (χ2n) is 6.27. The van der Waals surface area contributed by atoms with E-state index in [-0.39, 0.29) is 0 Å². The molecule has 1 nitrogen and oxygen atoms in total. The van der Waals surface area contributed by atoms with Gasteiger partial charge in [-0.3, -0.25) is 0 Å². The second-order valence-corrected chi connectivity index (χ2v) is 7.05. The molecule has 0 spiro atoms. The Hall–Kier alpha value is -0.240. The largest absolute Gasteiger partial charge is 0.316 e. The Morgan fingerprint density at radius 2 is 2.00 bits per heavy atom. The van der Waals surface area contributed by atoms with Gasteiger partial charge in [0.05, 0.1) is 10.0 Å². The number of hydrogen-bond acceptors (Lipinski definition) is 1. The maximum Gasteiger partial charge on any atom is 0.0624 e. The summed E-state index contributed by atoms with van der Waals surface area (Å²) in [7, 11) is 0. The highest BCUT2D eigenvalue weighted by Crippen LogP contribution is 2.44. The average molecular weight is 300 g/mol. The molecule has 0 heterocycles. The summed E-state index contributed by atoms with van der Waals surface area (Å²) in [5, 5.41) is 5.01. The lowest BCUT2D eigenvalue weighted by molar-refractivity contribution is 0.129. The van der Waals surface area contributed by atoms with Crippen LogP contribution in [-0.2, 0) is 6.42 Å². The van der Waals surface area contributed by atoms with Crippen LogP contribution in [0, 0.1) is 11.3 Å². The first kappa shape index (κ1) is 15.2. The molecular weight excluding hydrogens is 277 g/mol. The Balaban J connectivity index is 2.00. The first-order valence-corrected chi connectivity index (χ1v) is 7.92. The van der Waals surface area contributed by atoms with E-state index in [1.165, 1.54) is 24.8 Å². The van der Waals surface area contributed by atoms with Gasteiger partial charge in [-0.25, -0.2) is 0 Å². The van der Waals surface area contributed by atoms with Gasteiger partial charge in [0.1, 0.15) is 0 Å². The molecule has 0 bridgehead atoms. The highest BCUT2D eigenvalue weighted by Gasteiger charge is 2.37. The first-order chi connectivity index (χ1) is 9.02. The molecule has 1 N–H and O–H groups in total. The van der Waals surface area contributed by atoms with Crippen molar-refractivity contribution in [3.63, 3.8) is 0 Å². The summed E-state index contributed by atoms with van der Waals surface area (Å²) in [5.74, 6) is 0.701. The molecule has 1 fully saturated rings. The van der Waals surface area contributed by atoms with Crippen LogP contribution < -0.4 is 5.32 Å². The molecule has 0 amide bonds. The Labute approximate surface area is 126 Å². The van der Waals surface area contributed by atoms with E-state index in [1.54, 1.807) is 0 Å². The molecule has 106 valence electrons. The molecule has 0 saturated heterocycles. The van der Waals surface area contributed by atoms with Crippen LogP contribution in [0.3, 0.4) is 0 Å².